The number of halogens is 2. The molecule has 0 fully saturated rings. The lowest BCUT2D eigenvalue weighted by Gasteiger charge is -2.07. The van der Waals surface area contributed by atoms with Crippen LogP contribution in [0.5, 0.6) is 0 Å². The summed E-state index contributed by atoms with van der Waals surface area (Å²) in [6, 6.07) is 10.9. The molecule has 0 bridgehead atoms. The quantitative estimate of drug-likeness (QED) is 0.838. The topological polar surface area (TPSA) is 55.1 Å². The van der Waals surface area contributed by atoms with E-state index in [0.717, 1.165) is 6.07 Å². The largest absolute Gasteiger partial charge is 0.322 e. The average Bonchev–Trinajstić information content (AvgIpc) is 2.49. The number of anilines is 1. The van der Waals surface area contributed by atoms with Crippen molar-refractivity contribution in [3.63, 3.8) is 0 Å². The molecule has 21 heavy (non-hydrogen) atoms. The van der Waals surface area contributed by atoms with Crippen molar-refractivity contribution < 1.29 is 9.18 Å². The molecule has 2 aromatic carbocycles. The SMILES string of the molecule is NCC#Cc1ccccc1C(=O)Nc1ccc(Cl)c(F)c1. The molecule has 0 saturated carbocycles. The molecular formula is C16H12ClFN2O. The van der Waals surface area contributed by atoms with Gasteiger partial charge in [0.1, 0.15) is 5.82 Å². The first kappa shape index (κ1) is 15.0. The molecule has 5 heteroatoms. The fraction of sp³-hybridized carbons (Fsp3) is 0.0625. The Morgan fingerprint density at radius 1 is 1.29 bits per heavy atom. The Bertz CT molecular complexity index is 735. The van der Waals surface area contributed by atoms with E-state index in [2.05, 4.69) is 17.2 Å². The number of nitrogens with two attached hydrogens (primary N) is 1. The molecule has 0 aromatic heterocycles. The smallest absolute Gasteiger partial charge is 0.256 e. The molecule has 106 valence electrons. The highest BCUT2D eigenvalue weighted by Gasteiger charge is 2.11. The van der Waals surface area contributed by atoms with Crippen LogP contribution in [0.3, 0.4) is 0 Å². The maximum atomic E-state index is 13.4. The van der Waals surface area contributed by atoms with E-state index in [1.807, 2.05) is 0 Å². The Morgan fingerprint density at radius 2 is 2.05 bits per heavy atom. The minimum absolute atomic E-state index is 0.00205. The van der Waals surface area contributed by atoms with Crippen LogP contribution in [0.2, 0.25) is 5.02 Å². The van der Waals surface area contributed by atoms with Crippen molar-refractivity contribution in [2.24, 2.45) is 5.73 Å². The second-order valence-electron chi connectivity index (χ2n) is 4.13. The molecule has 0 saturated heterocycles. The third-order valence-electron chi connectivity index (χ3n) is 2.67. The van der Waals surface area contributed by atoms with Crippen molar-refractivity contribution in [1.29, 1.82) is 0 Å². The first-order valence-electron chi connectivity index (χ1n) is 6.16. The van der Waals surface area contributed by atoms with Gasteiger partial charge in [0.05, 0.1) is 17.1 Å². The van der Waals surface area contributed by atoms with E-state index in [4.69, 9.17) is 17.3 Å². The van der Waals surface area contributed by atoms with Crippen molar-refractivity contribution in [1.82, 2.24) is 0 Å². The monoisotopic (exact) mass is 302 g/mol. The van der Waals surface area contributed by atoms with Gasteiger partial charge in [0.15, 0.2) is 0 Å². The number of nitrogens with one attached hydrogen (secondary N) is 1. The van der Waals surface area contributed by atoms with Gasteiger partial charge in [0.2, 0.25) is 0 Å². The molecule has 0 radical (unpaired) electrons. The Hall–Kier alpha value is -2.35. The molecule has 1 amide bonds. The Kier molecular flexibility index (Phi) is 4.94. The minimum Gasteiger partial charge on any atom is -0.322 e. The number of amides is 1. The molecule has 3 nitrogen and oxygen atoms in total. The second-order valence-corrected chi connectivity index (χ2v) is 4.54. The van der Waals surface area contributed by atoms with E-state index in [-0.39, 0.29) is 17.5 Å². The molecule has 0 aliphatic carbocycles. The van der Waals surface area contributed by atoms with E-state index >= 15 is 0 Å². The number of hydrogen-bond donors (Lipinski definition) is 2. The van der Waals surface area contributed by atoms with Gasteiger partial charge in [0.25, 0.3) is 5.91 Å². The normalized spacial score (nSPS) is 9.67. The molecule has 2 aromatic rings. The van der Waals surface area contributed by atoms with Crippen LogP contribution in [0.25, 0.3) is 0 Å². The van der Waals surface area contributed by atoms with Gasteiger partial charge in [-0.3, -0.25) is 4.79 Å². The molecular weight excluding hydrogens is 291 g/mol. The molecule has 0 spiro atoms. The van der Waals surface area contributed by atoms with Crippen LogP contribution < -0.4 is 11.1 Å². The summed E-state index contributed by atoms with van der Waals surface area (Å²) in [6.45, 7) is 0.207. The highest BCUT2D eigenvalue weighted by atomic mass is 35.5. The van der Waals surface area contributed by atoms with Gasteiger partial charge >= 0.3 is 0 Å². The highest BCUT2D eigenvalue weighted by molar-refractivity contribution is 6.30. The van der Waals surface area contributed by atoms with Gasteiger partial charge in [-0.25, -0.2) is 4.39 Å². The maximum absolute atomic E-state index is 13.4. The van der Waals surface area contributed by atoms with Gasteiger partial charge in [-0.15, -0.1) is 0 Å². The number of carbonyl (C=O) groups excluding carboxylic acids is 1. The van der Waals surface area contributed by atoms with E-state index < -0.39 is 5.82 Å². The molecule has 0 heterocycles. The van der Waals surface area contributed by atoms with E-state index in [9.17, 15) is 9.18 Å². The number of benzene rings is 2. The van der Waals surface area contributed by atoms with Gasteiger partial charge in [0, 0.05) is 11.3 Å². The van der Waals surface area contributed by atoms with Gasteiger partial charge in [-0.2, -0.15) is 0 Å². The van der Waals surface area contributed by atoms with Crippen molar-refractivity contribution >= 4 is 23.2 Å². The summed E-state index contributed by atoms with van der Waals surface area (Å²) >= 11 is 5.60. The summed E-state index contributed by atoms with van der Waals surface area (Å²) < 4.78 is 13.4. The number of rotatable bonds is 2. The molecule has 0 aliphatic heterocycles. The summed E-state index contributed by atoms with van der Waals surface area (Å²) in [4.78, 5) is 12.2. The molecule has 0 aliphatic rings. The molecule has 0 atom stereocenters. The van der Waals surface area contributed by atoms with E-state index in [1.165, 1.54) is 12.1 Å². The van der Waals surface area contributed by atoms with E-state index in [1.54, 1.807) is 24.3 Å². The lowest BCUT2D eigenvalue weighted by Crippen LogP contribution is -2.13. The summed E-state index contributed by atoms with van der Waals surface area (Å²) in [5.41, 5.74) is 6.61. The summed E-state index contributed by atoms with van der Waals surface area (Å²) in [5.74, 6) is 4.56. The van der Waals surface area contributed by atoms with E-state index in [0.29, 0.717) is 16.8 Å². The molecule has 3 N–H and O–H groups in total. The van der Waals surface area contributed by atoms with Crippen molar-refractivity contribution in [3.8, 4) is 11.8 Å². The van der Waals surface area contributed by atoms with Crippen molar-refractivity contribution in [2.45, 2.75) is 0 Å². The van der Waals surface area contributed by atoms with Crippen LogP contribution >= 0.6 is 11.6 Å². The van der Waals surface area contributed by atoms with Crippen molar-refractivity contribution in [2.75, 3.05) is 11.9 Å². The fourth-order valence-electron chi connectivity index (χ4n) is 1.71. The molecule has 0 unspecified atom stereocenters. The van der Waals surface area contributed by atoms with Crippen LogP contribution in [-0.2, 0) is 0 Å². The van der Waals surface area contributed by atoms with Gasteiger partial charge in [-0.1, -0.05) is 35.6 Å². The zero-order valence-electron chi connectivity index (χ0n) is 11.0. The standard InChI is InChI=1S/C16H12ClFN2O/c17-14-8-7-12(10-15(14)18)20-16(21)13-6-2-1-4-11(13)5-3-9-19/h1-2,4,6-8,10H,9,19H2,(H,20,21). The number of hydrogen-bond acceptors (Lipinski definition) is 2. The highest BCUT2D eigenvalue weighted by Crippen LogP contribution is 2.19. The summed E-state index contributed by atoms with van der Waals surface area (Å²) in [6.07, 6.45) is 0. The maximum Gasteiger partial charge on any atom is 0.256 e. The third kappa shape index (κ3) is 3.82. The van der Waals surface area contributed by atoms with Crippen molar-refractivity contribution in [3.05, 3.63) is 64.4 Å². The van der Waals surface area contributed by atoms with Crippen LogP contribution in [0.1, 0.15) is 15.9 Å². The Balaban J connectivity index is 2.26. The first-order chi connectivity index (χ1) is 10.1. The second kappa shape index (κ2) is 6.89. The fourth-order valence-corrected chi connectivity index (χ4v) is 1.83. The average molecular weight is 303 g/mol. The van der Waals surface area contributed by atoms with Gasteiger partial charge < -0.3 is 11.1 Å². The third-order valence-corrected chi connectivity index (χ3v) is 2.98. The zero-order valence-corrected chi connectivity index (χ0v) is 11.7. The van der Waals surface area contributed by atoms with Crippen LogP contribution in [0.15, 0.2) is 42.5 Å². The Morgan fingerprint density at radius 3 is 2.76 bits per heavy atom. The zero-order chi connectivity index (χ0) is 15.2. The lowest BCUT2D eigenvalue weighted by molar-refractivity contribution is 0.102. The first-order valence-corrected chi connectivity index (χ1v) is 6.54. The van der Waals surface area contributed by atoms with Crippen LogP contribution in [0, 0.1) is 17.7 Å². The summed E-state index contributed by atoms with van der Waals surface area (Å²) in [7, 11) is 0. The Labute approximate surface area is 126 Å². The minimum atomic E-state index is -0.592. The van der Waals surface area contributed by atoms with Crippen LogP contribution in [-0.4, -0.2) is 12.5 Å². The summed E-state index contributed by atoms with van der Waals surface area (Å²) in [5, 5.41) is 2.61. The predicted octanol–water partition coefficient (Wildman–Crippen LogP) is 3.04. The predicted molar refractivity (Wildman–Crippen MR) is 81.7 cm³/mol. The lowest BCUT2D eigenvalue weighted by atomic mass is 10.1. The van der Waals surface area contributed by atoms with Gasteiger partial charge in [-0.05, 0) is 30.3 Å². The van der Waals surface area contributed by atoms with Crippen LogP contribution in [0.4, 0.5) is 10.1 Å². The molecule has 2 rings (SSSR count). The number of carbonyl (C=O) groups is 1.